The molecule has 3 N–H and O–H groups in total. The van der Waals surface area contributed by atoms with Crippen molar-refractivity contribution in [2.24, 2.45) is 0 Å². The van der Waals surface area contributed by atoms with E-state index in [1.807, 2.05) is 6.92 Å². The largest absolute Gasteiger partial charge is 0.480 e. The van der Waals surface area contributed by atoms with Crippen LogP contribution in [0, 0.1) is 0 Å². The highest BCUT2D eigenvalue weighted by atomic mass is 79.9. The Kier molecular flexibility index (Phi) is 9.49. The molecule has 1 amide bonds. The first-order valence-corrected chi connectivity index (χ1v) is 13.0. The van der Waals surface area contributed by atoms with Gasteiger partial charge in [0.1, 0.15) is 11.7 Å². The zero-order valence-corrected chi connectivity index (χ0v) is 23.3. The van der Waals surface area contributed by atoms with Crippen molar-refractivity contribution in [3.63, 3.8) is 0 Å². The summed E-state index contributed by atoms with van der Waals surface area (Å²) in [5.74, 6) is -1.87. The lowest BCUT2D eigenvalue weighted by molar-refractivity contribution is -0.140. The number of aliphatic carboxylic acids is 1. The van der Waals surface area contributed by atoms with Crippen LogP contribution < -0.4 is 10.6 Å². The number of hydrogen-bond acceptors (Lipinski definition) is 6. The summed E-state index contributed by atoms with van der Waals surface area (Å²) >= 11 is 15.5. The van der Waals surface area contributed by atoms with E-state index in [0.717, 1.165) is 37.8 Å². The van der Waals surface area contributed by atoms with Gasteiger partial charge in [0.15, 0.2) is 10.3 Å². The first-order chi connectivity index (χ1) is 16.8. The summed E-state index contributed by atoms with van der Waals surface area (Å²) in [6.07, 6.45) is 9.70. The highest BCUT2D eigenvalue weighted by molar-refractivity contribution is 9.11. The van der Waals surface area contributed by atoms with E-state index in [-0.39, 0.29) is 28.0 Å². The Hall–Kier alpha value is -2.07. The van der Waals surface area contributed by atoms with Crippen LogP contribution in [0.2, 0.25) is 10.0 Å². The molecule has 2 aromatic heterocycles. The first-order valence-electron chi connectivity index (χ1n) is 11.4. The Bertz CT molecular complexity index is 1140. The predicted molar refractivity (Wildman–Crippen MR) is 144 cm³/mol. The molecule has 0 radical (unpaired) electrons. The molecule has 2 aliphatic rings. The first kappa shape index (κ1) is 28.5. The molecule has 1 saturated carbocycles. The Morgan fingerprint density at radius 2 is 1.83 bits per heavy atom. The van der Waals surface area contributed by atoms with Crippen molar-refractivity contribution in [2.45, 2.75) is 63.0 Å². The molecular weight excluding hydrogens is 595 g/mol. The second kappa shape index (κ2) is 12.0. The maximum absolute atomic E-state index is 12.6. The molecule has 1 fully saturated rings. The fourth-order valence-electron chi connectivity index (χ4n) is 4.70. The molecule has 1 spiro atoms. The average Bonchev–Trinajstić information content (AvgIpc) is 2.82. The fourth-order valence-corrected chi connectivity index (χ4v) is 6.02. The molecule has 1 aliphatic heterocycles. The topological polar surface area (TPSA) is 113 Å². The van der Waals surface area contributed by atoms with Crippen molar-refractivity contribution in [3.05, 3.63) is 62.4 Å². The van der Waals surface area contributed by atoms with Gasteiger partial charge in [0.2, 0.25) is 0 Å². The van der Waals surface area contributed by atoms with Crippen molar-refractivity contribution in [1.29, 1.82) is 0 Å². The molecule has 1 aliphatic carbocycles. The van der Waals surface area contributed by atoms with E-state index in [2.05, 4.69) is 36.5 Å². The monoisotopic (exact) mass is 618 g/mol. The third-order valence-electron chi connectivity index (χ3n) is 6.51. The number of carbonyl (C=O) groups is 2. The molecule has 12 heteroatoms. The van der Waals surface area contributed by atoms with Crippen LogP contribution in [0.4, 0.5) is 5.69 Å². The number of aromatic nitrogens is 2. The zero-order chi connectivity index (χ0) is 25.2. The minimum atomic E-state index is -0.969. The third-order valence-corrected chi connectivity index (χ3v) is 7.64. The average molecular weight is 621 g/mol. The summed E-state index contributed by atoms with van der Waals surface area (Å²) in [6.45, 7) is 1.92. The van der Waals surface area contributed by atoms with Crippen molar-refractivity contribution in [2.75, 3.05) is 5.32 Å². The van der Waals surface area contributed by atoms with Crippen molar-refractivity contribution < 1.29 is 19.4 Å². The molecule has 0 bridgehead atoms. The standard InChI is InChI=1S/C24H25BrCl2N4O4.ClH/c1-2-14(19(23(33)34)31-20-21(25)35-24(20)8-4-3-5-9-24)17-7-6-13(10-29-17)30-22(32)18-15(26)11-28-12-16(18)27;/h6-7,10-12,14,19,31H,2-5,8-9H2,1H3,(H,30,32)(H,33,34);1H/t14?,19-;/m0./s1. The molecule has 0 aromatic carbocycles. The van der Waals surface area contributed by atoms with Crippen LogP contribution in [-0.4, -0.2) is 38.6 Å². The number of carboxylic acids is 1. The molecule has 8 nitrogen and oxygen atoms in total. The summed E-state index contributed by atoms with van der Waals surface area (Å²) in [4.78, 5) is 33.2. The van der Waals surface area contributed by atoms with Crippen LogP contribution in [0.15, 0.2) is 41.1 Å². The molecule has 194 valence electrons. The lowest BCUT2D eigenvalue weighted by Crippen LogP contribution is -2.54. The molecular formula is C24H26BrCl3N4O4. The van der Waals surface area contributed by atoms with E-state index in [4.69, 9.17) is 27.9 Å². The fraction of sp³-hybridized carbons (Fsp3) is 0.417. The van der Waals surface area contributed by atoms with Gasteiger partial charge in [-0.25, -0.2) is 4.79 Å². The summed E-state index contributed by atoms with van der Waals surface area (Å²) < 4.78 is 6.52. The number of nitrogens with one attached hydrogen (secondary N) is 2. The van der Waals surface area contributed by atoms with Gasteiger partial charge in [0.05, 0.1) is 27.5 Å². The number of carboxylic acid groups (broad SMARTS) is 1. The van der Waals surface area contributed by atoms with Gasteiger partial charge < -0.3 is 20.5 Å². The van der Waals surface area contributed by atoms with E-state index in [9.17, 15) is 14.7 Å². The van der Waals surface area contributed by atoms with Crippen LogP contribution >= 0.6 is 51.5 Å². The Morgan fingerprint density at radius 3 is 2.36 bits per heavy atom. The van der Waals surface area contributed by atoms with E-state index in [0.29, 0.717) is 22.5 Å². The number of nitrogens with zero attached hydrogens (tertiary/aromatic N) is 2. The number of rotatable bonds is 8. The molecule has 0 saturated heterocycles. The number of hydrogen-bond donors (Lipinski definition) is 3. The summed E-state index contributed by atoms with van der Waals surface area (Å²) in [6, 6.07) is 2.50. The molecule has 2 aromatic rings. The van der Waals surface area contributed by atoms with Crippen LogP contribution in [-0.2, 0) is 9.53 Å². The number of pyridine rings is 2. The maximum Gasteiger partial charge on any atom is 0.326 e. The van der Waals surface area contributed by atoms with Gasteiger partial charge in [-0.3, -0.25) is 14.8 Å². The van der Waals surface area contributed by atoms with Gasteiger partial charge >= 0.3 is 5.97 Å². The Balaban J connectivity index is 0.00000361. The van der Waals surface area contributed by atoms with Crippen LogP contribution in [0.25, 0.3) is 0 Å². The minimum absolute atomic E-state index is 0. The molecule has 36 heavy (non-hydrogen) atoms. The van der Waals surface area contributed by atoms with Crippen LogP contribution in [0.5, 0.6) is 0 Å². The van der Waals surface area contributed by atoms with Crippen LogP contribution in [0.3, 0.4) is 0 Å². The second-order valence-electron chi connectivity index (χ2n) is 8.68. The molecule has 1 unspecified atom stereocenters. The van der Waals surface area contributed by atoms with Crippen molar-refractivity contribution in [1.82, 2.24) is 15.3 Å². The molecule has 2 atom stereocenters. The summed E-state index contributed by atoms with van der Waals surface area (Å²) in [5, 5.41) is 16.3. The van der Waals surface area contributed by atoms with Gasteiger partial charge in [0, 0.05) is 24.0 Å². The number of ether oxygens (including phenoxy) is 1. The SMILES string of the molecule is CCC(c1ccc(NC(=O)c2c(Cl)cncc2Cl)cn1)[C@H](NC1=C(Br)OC12CCCCC2)C(=O)O.Cl. The van der Waals surface area contributed by atoms with E-state index in [1.54, 1.807) is 12.1 Å². The zero-order valence-electron chi connectivity index (χ0n) is 19.4. The maximum atomic E-state index is 12.6. The number of amides is 1. The summed E-state index contributed by atoms with van der Waals surface area (Å²) in [7, 11) is 0. The lowest BCUT2D eigenvalue weighted by atomic mass is 9.79. The normalized spacial score (nSPS) is 17.8. The molecule has 3 heterocycles. The smallest absolute Gasteiger partial charge is 0.326 e. The van der Waals surface area contributed by atoms with Gasteiger partial charge in [-0.1, -0.05) is 36.5 Å². The number of carbonyl (C=O) groups excluding carboxylic acids is 1. The van der Waals surface area contributed by atoms with Gasteiger partial charge in [-0.2, -0.15) is 0 Å². The van der Waals surface area contributed by atoms with Gasteiger partial charge in [0.25, 0.3) is 5.91 Å². The third kappa shape index (κ3) is 5.74. The van der Waals surface area contributed by atoms with E-state index < -0.39 is 29.4 Å². The highest BCUT2D eigenvalue weighted by Crippen LogP contribution is 2.48. The Labute approximate surface area is 233 Å². The lowest BCUT2D eigenvalue weighted by Gasteiger charge is -2.47. The molecule has 4 rings (SSSR count). The predicted octanol–water partition coefficient (Wildman–Crippen LogP) is 6.29. The quantitative estimate of drug-likeness (QED) is 0.318. The highest BCUT2D eigenvalue weighted by Gasteiger charge is 2.49. The van der Waals surface area contributed by atoms with Crippen molar-refractivity contribution in [3.8, 4) is 0 Å². The summed E-state index contributed by atoms with van der Waals surface area (Å²) in [5.41, 5.74) is 1.53. The van der Waals surface area contributed by atoms with Crippen LogP contribution in [0.1, 0.15) is 67.4 Å². The van der Waals surface area contributed by atoms with E-state index >= 15 is 0 Å². The van der Waals surface area contributed by atoms with Gasteiger partial charge in [-0.05, 0) is 60.2 Å². The van der Waals surface area contributed by atoms with E-state index in [1.165, 1.54) is 18.6 Å². The van der Waals surface area contributed by atoms with Gasteiger partial charge in [-0.15, -0.1) is 12.4 Å². The second-order valence-corrected chi connectivity index (χ2v) is 10.2. The Morgan fingerprint density at radius 1 is 1.17 bits per heavy atom. The number of anilines is 1. The number of halogens is 4. The van der Waals surface area contributed by atoms with Crippen molar-refractivity contribution >= 4 is 69.1 Å². The minimum Gasteiger partial charge on any atom is -0.480 e.